The standard InChI is InChI=1S/C30H31ClN2O2/c1-29(2,3)26-17-21(18-28(33-26)35-25-13-11-23(31)12-14-25)20-30(4,5)22-15-16-32-27(19-22)34-24-9-7-6-8-10-24/h6-19H,20H2,1-5H3. The molecule has 4 rings (SSSR count). The van der Waals surface area contributed by atoms with Crippen LogP contribution in [-0.2, 0) is 17.3 Å². The van der Waals surface area contributed by atoms with Crippen molar-refractivity contribution in [3.63, 3.8) is 0 Å². The van der Waals surface area contributed by atoms with Gasteiger partial charge in [-0.05, 0) is 71.5 Å². The Balaban J connectivity index is 1.61. The van der Waals surface area contributed by atoms with Gasteiger partial charge in [0, 0.05) is 28.8 Å². The second kappa shape index (κ2) is 10.1. The summed E-state index contributed by atoms with van der Waals surface area (Å²) < 4.78 is 12.1. The highest BCUT2D eigenvalue weighted by Gasteiger charge is 2.25. The minimum Gasteiger partial charge on any atom is -0.439 e. The quantitative estimate of drug-likeness (QED) is 0.262. The highest BCUT2D eigenvalue weighted by molar-refractivity contribution is 6.30. The highest BCUT2D eigenvalue weighted by Crippen LogP contribution is 2.34. The molecule has 4 aromatic rings. The van der Waals surface area contributed by atoms with Gasteiger partial charge in [-0.15, -0.1) is 0 Å². The van der Waals surface area contributed by atoms with Crippen molar-refractivity contribution >= 4 is 11.6 Å². The summed E-state index contributed by atoms with van der Waals surface area (Å²) in [4.78, 5) is 9.21. The van der Waals surface area contributed by atoms with E-state index in [0.717, 1.165) is 29.0 Å². The molecule has 0 atom stereocenters. The molecule has 5 heteroatoms. The fourth-order valence-corrected chi connectivity index (χ4v) is 3.95. The minimum absolute atomic E-state index is 0.119. The molecule has 0 bridgehead atoms. The molecule has 0 radical (unpaired) electrons. The summed E-state index contributed by atoms with van der Waals surface area (Å²) in [5.41, 5.74) is 2.99. The molecule has 0 aliphatic rings. The largest absolute Gasteiger partial charge is 0.439 e. The van der Waals surface area contributed by atoms with Crippen molar-refractivity contribution in [2.75, 3.05) is 0 Å². The fraction of sp³-hybridized carbons (Fsp3) is 0.267. The van der Waals surface area contributed by atoms with Crippen molar-refractivity contribution in [3.05, 3.63) is 107 Å². The third-order valence-electron chi connectivity index (χ3n) is 5.79. The van der Waals surface area contributed by atoms with E-state index in [9.17, 15) is 0 Å². The van der Waals surface area contributed by atoms with Crippen LogP contribution in [0.1, 0.15) is 51.4 Å². The molecule has 2 aromatic carbocycles. The maximum atomic E-state index is 6.12. The molecule has 0 aliphatic carbocycles. The Kier molecular flexibility index (Phi) is 7.13. The molecule has 0 saturated carbocycles. The first-order valence-corrected chi connectivity index (χ1v) is 12.1. The Labute approximate surface area is 212 Å². The number of aromatic nitrogens is 2. The summed E-state index contributed by atoms with van der Waals surface area (Å²) in [5, 5.41) is 0.671. The summed E-state index contributed by atoms with van der Waals surface area (Å²) >= 11 is 6.03. The molecule has 4 nitrogen and oxygen atoms in total. The topological polar surface area (TPSA) is 44.2 Å². The zero-order valence-electron chi connectivity index (χ0n) is 20.9. The zero-order chi connectivity index (χ0) is 25.1. The van der Waals surface area contributed by atoms with Gasteiger partial charge in [0.15, 0.2) is 0 Å². The number of nitrogens with zero attached hydrogens (tertiary/aromatic N) is 2. The number of pyridine rings is 2. The highest BCUT2D eigenvalue weighted by atomic mass is 35.5. The lowest BCUT2D eigenvalue weighted by molar-refractivity contribution is 0.445. The van der Waals surface area contributed by atoms with Gasteiger partial charge in [0.1, 0.15) is 11.5 Å². The van der Waals surface area contributed by atoms with Gasteiger partial charge in [-0.3, -0.25) is 0 Å². The van der Waals surface area contributed by atoms with Gasteiger partial charge in [-0.2, -0.15) is 0 Å². The first-order chi connectivity index (χ1) is 16.6. The zero-order valence-corrected chi connectivity index (χ0v) is 21.6. The van der Waals surface area contributed by atoms with Gasteiger partial charge in [-0.25, -0.2) is 9.97 Å². The Morgan fingerprint density at radius 3 is 2.09 bits per heavy atom. The van der Waals surface area contributed by atoms with Crippen LogP contribution in [0.4, 0.5) is 0 Å². The predicted molar refractivity (Wildman–Crippen MR) is 142 cm³/mol. The van der Waals surface area contributed by atoms with Crippen LogP contribution in [0.3, 0.4) is 0 Å². The van der Waals surface area contributed by atoms with Gasteiger partial charge < -0.3 is 9.47 Å². The molecule has 0 saturated heterocycles. The second-order valence-electron chi connectivity index (χ2n) is 10.4. The summed E-state index contributed by atoms with van der Waals surface area (Å²) in [6.07, 6.45) is 2.60. The predicted octanol–water partition coefficient (Wildman–Crippen LogP) is 8.53. The summed E-state index contributed by atoms with van der Waals surface area (Å²) in [6, 6.07) is 25.3. The summed E-state index contributed by atoms with van der Waals surface area (Å²) in [7, 11) is 0. The number of benzene rings is 2. The molecule has 2 heterocycles. The first kappa shape index (κ1) is 24.7. The normalized spacial score (nSPS) is 11.8. The third kappa shape index (κ3) is 6.61. The Morgan fingerprint density at radius 1 is 0.743 bits per heavy atom. The van der Waals surface area contributed by atoms with Crippen LogP contribution < -0.4 is 9.47 Å². The van der Waals surface area contributed by atoms with Crippen molar-refractivity contribution in [3.8, 4) is 23.3 Å². The number of hydrogen-bond donors (Lipinski definition) is 0. The Bertz CT molecular complexity index is 1280. The van der Waals surface area contributed by atoms with Crippen molar-refractivity contribution in [1.29, 1.82) is 0 Å². The fourth-order valence-electron chi connectivity index (χ4n) is 3.83. The molecular formula is C30H31ClN2O2. The van der Waals surface area contributed by atoms with Crippen LogP contribution in [0.15, 0.2) is 85.1 Å². The van der Waals surface area contributed by atoms with Crippen molar-refractivity contribution in [2.24, 2.45) is 0 Å². The number of halogens is 1. The van der Waals surface area contributed by atoms with Crippen LogP contribution in [-0.4, -0.2) is 9.97 Å². The van der Waals surface area contributed by atoms with Gasteiger partial charge >= 0.3 is 0 Å². The third-order valence-corrected chi connectivity index (χ3v) is 6.05. The van der Waals surface area contributed by atoms with E-state index < -0.39 is 0 Å². The number of ether oxygens (including phenoxy) is 2. The maximum Gasteiger partial charge on any atom is 0.219 e. The van der Waals surface area contributed by atoms with E-state index in [1.165, 1.54) is 0 Å². The van der Waals surface area contributed by atoms with Crippen LogP contribution in [0, 0.1) is 0 Å². The van der Waals surface area contributed by atoms with E-state index in [0.29, 0.717) is 22.5 Å². The van der Waals surface area contributed by atoms with E-state index >= 15 is 0 Å². The van der Waals surface area contributed by atoms with E-state index in [1.54, 1.807) is 6.20 Å². The lowest BCUT2D eigenvalue weighted by atomic mass is 9.79. The number of hydrogen-bond acceptors (Lipinski definition) is 4. The molecule has 0 aliphatic heterocycles. The Morgan fingerprint density at radius 2 is 1.40 bits per heavy atom. The first-order valence-electron chi connectivity index (χ1n) is 11.7. The van der Waals surface area contributed by atoms with Crippen LogP contribution in [0.5, 0.6) is 23.3 Å². The molecule has 0 fully saturated rings. The van der Waals surface area contributed by atoms with E-state index in [2.05, 4.69) is 51.7 Å². The molecule has 35 heavy (non-hydrogen) atoms. The van der Waals surface area contributed by atoms with Gasteiger partial charge in [0.05, 0.1) is 5.69 Å². The van der Waals surface area contributed by atoms with E-state index in [-0.39, 0.29) is 10.8 Å². The molecule has 0 spiro atoms. The Hall–Kier alpha value is -3.37. The van der Waals surface area contributed by atoms with E-state index in [1.807, 2.05) is 66.7 Å². The molecule has 0 unspecified atom stereocenters. The second-order valence-corrected chi connectivity index (χ2v) is 10.8. The van der Waals surface area contributed by atoms with Crippen LogP contribution in [0.2, 0.25) is 5.02 Å². The van der Waals surface area contributed by atoms with Crippen LogP contribution in [0.25, 0.3) is 0 Å². The number of para-hydroxylation sites is 1. The van der Waals surface area contributed by atoms with Crippen molar-refractivity contribution in [1.82, 2.24) is 9.97 Å². The van der Waals surface area contributed by atoms with Crippen molar-refractivity contribution < 1.29 is 9.47 Å². The smallest absolute Gasteiger partial charge is 0.219 e. The van der Waals surface area contributed by atoms with E-state index in [4.69, 9.17) is 26.1 Å². The lowest BCUT2D eigenvalue weighted by Gasteiger charge is -2.27. The average Bonchev–Trinajstić information content (AvgIpc) is 2.80. The van der Waals surface area contributed by atoms with Gasteiger partial charge in [0.2, 0.25) is 11.8 Å². The lowest BCUT2D eigenvalue weighted by Crippen LogP contribution is -2.22. The average molecular weight is 487 g/mol. The molecule has 180 valence electrons. The van der Waals surface area contributed by atoms with Crippen molar-refractivity contribution in [2.45, 2.75) is 51.9 Å². The molecule has 2 aromatic heterocycles. The summed E-state index contributed by atoms with van der Waals surface area (Å²) in [5.74, 6) is 2.63. The van der Waals surface area contributed by atoms with Crippen LogP contribution >= 0.6 is 11.6 Å². The summed E-state index contributed by atoms with van der Waals surface area (Å²) in [6.45, 7) is 10.9. The number of rotatable bonds is 7. The maximum absolute atomic E-state index is 6.12. The minimum atomic E-state index is -0.175. The van der Waals surface area contributed by atoms with Gasteiger partial charge in [0.25, 0.3) is 0 Å². The molecular weight excluding hydrogens is 456 g/mol. The SMILES string of the molecule is CC(C)(C)c1cc(CC(C)(C)c2ccnc(Oc3ccccc3)c2)cc(Oc2ccc(Cl)cc2)n1. The monoisotopic (exact) mass is 486 g/mol. The van der Waals surface area contributed by atoms with Gasteiger partial charge in [-0.1, -0.05) is 64.4 Å². The molecule has 0 amide bonds. The molecule has 0 N–H and O–H groups in total.